The largest absolute Gasteiger partial charge is 0.384 e. The normalized spacial score (nSPS) is 14.4. The predicted octanol–water partition coefficient (Wildman–Crippen LogP) is 5.73. The summed E-state index contributed by atoms with van der Waals surface area (Å²) in [4.78, 5) is 13.0. The highest BCUT2D eigenvalue weighted by atomic mass is 15.3. The lowest BCUT2D eigenvalue weighted by molar-refractivity contribution is 0.771. The minimum absolute atomic E-state index is 0.0219. The minimum Gasteiger partial charge on any atom is -0.384 e. The van der Waals surface area contributed by atoms with Crippen molar-refractivity contribution in [3.8, 4) is 11.1 Å². The standard InChI is InChI=1S/C29H25N7/c30-25-15-23(28-29(32-25)35-36-34-28)22(18-6-2-1-3-7-18)16-26-31-24-11-5-10-21(27(24)33-26)20-9-4-8-19(14-20)17-12-13-17/h1-11,14-15,17,22H,12-13,16H2,(H,31,33)(H3,30,32,34,35,36). The van der Waals surface area contributed by atoms with Crippen molar-refractivity contribution in [2.24, 2.45) is 0 Å². The van der Waals surface area contributed by atoms with Crippen molar-refractivity contribution in [1.29, 1.82) is 0 Å². The third-order valence-corrected chi connectivity index (χ3v) is 7.12. The Morgan fingerprint density at radius 3 is 2.58 bits per heavy atom. The number of fused-ring (bicyclic) bond motifs is 2. The fraction of sp³-hybridized carbons (Fsp3) is 0.172. The SMILES string of the molecule is Nc1cc(C(Cc2nc3c(-c4cccc(C5CC5)c4)cccc3[nH]2)c2ccccc2)c2n[nH]nc2n1. The fourth-order valence-electron chi connectivity index (χ4n) is 5.22. The van der Waals surface area contributed by atoms with Gasteiger partial charge in [-0.15, -0.1) is 5.10 Å². The van der Waals surface area contributed by atoms with E-state index < -0.39 is 0 Å². The highest BCUT2D eigenvalue weighted by molar-refractivity contribution is 5.92. The fourth-order valence-corrected chi connectivity index (χ4v) is 5.22. The van der Waals surface area contributed by atoms with Crippen LogP contribution < -0.4 is 5.73 Å². The van der Waals surface area contributed by atoms with Crippen LogP contribution in [0.1, 0.15) is 47.2 Å². The average molecular weight is 472 g/mol. The second-order valence-corrected chi connectivity index (χ2v) is 9.58. The molecule has 0 aliphatic heterocycles. The van der Waals surface area contributed by atoms with E-state index in [4.69, 9.17) is 10.7 Å². The summed E-state index contributed by atoms with van der Waals surface area (Å²) in [6, 6.07) is 27.6. The molecule has 0 saturated heterocycles. The van der Waals surface area contributed by atoms with Gasteiger partial charge < -0.3 is 10.7 Å². The number of nitrogens with two attached hydrogens (primary N) is 1. The zero-order valence-corrected chi connectivity index (χ0v) is 19.6. The van der Waals surface area contributed by atoms with Gasteiger partial charge in [-0.1, -0.05) is 66.7 Å². The third-order valence-electron chi connectivity index (χ3n) is 7.12. The molecule has 1 unspecified atom stereocenters. The van der Waals surface area contributed by atoms with Crippen molar-refractivity contribution in [2.45, 2.75) is 31.1 Å². The first-order valence-electron chi connectivity index (χ1n) is 12.3. The summed E-state index contributed by atoms with van der Waals surface area (Å²) in [6.45, 7) is 0. The average Bonchev–Trinajstić information content (AvgIpc) is 3.51. The van der Waals surface area contributed by atoms with Gasteiger partial charge in [0.25, 0.3) is 0 Å². The Bertz CT molecular complexity index is 1700. The molecule has 0 bridgehead atoms. The molecule has 36 heavy (non-hydrogen) atoms. The van der Waals surface area contributed by atoms with E-state index in [1.54, 1.807) is 0 Å². The summed E-state index contributed by atoms with van der Waals surface area (Å²) < 4.78 is 0. The van der Waals surface area contributed by atoms with Gasteiger partial charge in [0.2, 0.25) is 5.65 Å². The van der Waals surface area contributed by atoms with Crippen molar-refractivity contribution >= 4 is 28.0 Å². The van der Waals surface area contributed by atoms with E-state index in [1.165, 1.54) is 24.0 Å². The van der Waals surface area contributed by atoms with Crippen LogP contribution in [0.2, 0.25) is 0 Å². The summed E-state index contributed by atoms with van der Waals surface area (Å²) in [5, 5.41) is 11.3. The van der Waals surface area contributed by atoms with Crippen molar-refractivity contribution in [1.82, 2.24) is 30.4 Å². The molecule has 7 heteroatoms. The number of hydrogen-bond donors (Lipinski definition) is 3. The summed E-state index contributed by atoms with van der Waals surface area (Å²) in [5.74, 6) is 2.03. The first kappa shape index (κ1) is 20.8. The maximum absolute atomic E-state index is 6.16. The number of imidazole rings is 1. The molecule has 1 aliphatic carbocycles. The van der Waals surface area contributed by atoms with Crippen LogP contribution >= 0.6 is 0 Å². The lowest BCUT2D eigenvalue weighted by Crippen LogP contribution is -2.08. The zero-order chi connectivity index (χ0) is 24.1. The van der Waals surface area contributed by atoms with Crippen LogP contribution in [0.25, 0.3) is 33.3 Å². The Balaban J connectivity index is 1.33. The molecule has 3 heterocycles. The number of nitrogens with one attached hydrogen (secondary N) is 2. The Labute approximate surface area is 207 Å². The molecule has 0 spiro atoms. The molecule has 1 saturated carbocycles. The van der Waals surface area contributed by atoms with Gasteiger partial charge in [-0.3, -0.25) is 0 Å². The van der Waals surface area contributed by atoms with Crippen LogP contribution in [0.5, 0.6) is 0 Å². The lowest BCUT2D eigenvalue weighted by atomic mass is 9.88. The number of pyridine rings is 1. The zero-order valence-electron chi connectivity index (χ0n) is 19.6. The number of aromatic amines is 2. The molecule has 3 aromatic heterocycles. The highest BCUT2D eigenvalue weighted by Gasteiger charge is 2.25. The monoisotopic (exact) mass is 471 g/mol. The summed E-state index contributed by atoms with van der Waals surface area (Å²) in [6.07, 6.45) is 3.24. The maximum Gasteiger partial charge on any atom is 0.203 e. The Kier molecular flexibility index (Phi) is 4.80. The molecule has 3 aromatic carbocycles. The molecule has 1 aliphatic rings. The molecular weight excluding hydrogens is 446 g/mol. The highest BCUT2D eigenvalue weighted by Crippen LogP contribution is 2.41. The maximum atomic E-state index is 6.16. The number of nitrogen functional groups attached to an aromatic ring is 1. The number of hydrogen-bond acceptors (Lipinski definition) is 5. The van der Waals surface area contributed by atoms with Gasteiger partial charge in [0, 0.05) is 17.9 Å². The molecule has 6 aromatic rings. The number of aromatic nitrogens is 6. The van der Waals surface area contributed by atoms with E-state index >= 15 is 0 Å². The van der Waals surface area contributed by atoms with E-state index in [-0.39, 0.29) is 5.92 Å². The number of nitrogens with zero attached hydrogens (tertiary/aromatic N) is 4. The van der Waals surface area contributed by atoms with Crippen LogP contribution in [0.3, 0.4) is 0 Å². The predicted molar refractivity (Wildman–Crippen MR) is 142 cm³/mol. The molecule has 1 fully saturated rings. The van der Waals surface area contributed by atoms with Crippen LogP contribution in [0.15, 0.2) is 78.9 Å². The molecule has 0 amide bonds. The second-order valence-electron chi connectivity index (χ2n) is 9.58. The van der Waals surface area contributed by atoms with E-state index in [0.717, 1.165) is 39.1 Å². The van der Waals surface area contributed by atoms with Gasteiger partial charge in [-0.05, 0) is 53.1 Å². The molecular formula is C29H25N7. The molecule has 7 nitrogen and oxygen atoms in total. The van der Waals surface area contributed by atoms with Crippen LogP contribution in [0, 0.1) is 0 Å². The first-order chi connectivity index (χ1) is 17.7. The van der Waals surface area contributed by atoms with E-state index in [2.05, 4.69) is 92.1 Å². The topological polar surface area (TPSA) is 109 Å². The van der Waals surface area contributed by atoms with E-state index in [0.29, 0.717) is 23.8 Å². The van der Waals surface area contributed by atoms with Crippen LogP contribution in [0.4, 0.5) is 5.82 Å². The quantitative estimate of drug-likeness (QED) is 0.287. The lowest BCUT2D eigenvalue weighted by Gasteiger charge is -2.17. The Morgan fingerprint density at radius 2 is 1.72 bits per heavy atom. The number of para-hydroxylation sites is 1. The number of anilines is 1. The van der Waals surface area contributed by atoms with Gasteiger partial charge in [-0.2, -0.15) is 10.3 Å². The smallest absolute Gasteiger partial charge is 0.203 e. The van der Waals surface area contributed by atoms with Crippen LogP contribution in [-0.4, -0.2) is 30.4 Å². The number of benzene rings is 3. The van der Waals surface area contributed by atoms with Gasteiger partial charge >= 0.3 is 0 Å². The third kappa shape index (κ3) is 3.69. The second kappa shape index (κ2) is 8.30. The number of rotatable bonds is 6. The summed E-state index contributed by atoms with van der Waals surface area (Å²) >= 11 is 0. The van der Waals surface area contributed by atoms with Crippen molar-refractivity contribution in [3.05, 3.63) is 101 Å². The first-order valence-corrected chi connectivity index (χ1v) is 12.3. The summed E-state index contributed by atoms with van der Waals surface area (Å²) in [5.41, 5.74) is 15.4. The van der Waals surface area contributed by atoms with E-state index in [9.17, 15) is 0 Å². The van der Waals surface area contributed by atoms with Crippen molar-refractivity contribution in [2.75, 3.05) is 5.73 Å². The molecule has 176 valence electrons. The van der Waals surface area contributed by atoms with Gasteiger partial charge in [0.05, 0.1) is 11.0 Å². The Morgan fingerprint density at radius 1 is 0.861 bits per heavy atom. The molecule has 4 N–H and O–H groups in total. The van der Waals surface area contributed by atoms with Gasteiger partial charge in [0.15, 0.2) is 0 Å². The van der Waals surface area contributed by atoms with Crippen molar-refractivity contribution < 1.29 is 0 Å². The number of H-pyrrole nitrogens is 2. The summed E-state index contributed by atoms with van der Waals surface area (Å²) in [7, 11) is 0. The Hall–Kier alpha value is -4.52. The molecule has 1 atom stereocenters. The van der Waals surface area contributed by atoms with Gasteiger partial charge in [-0.25, -0.2) is 9.97 Å². The van der Waals surface area contributed by atoms with Crippen molar-refractivity contribution in [3.63, 3.8) is 0 Å². The molecule has 7 rings (SSSR count). The van der Waals surface area contributed by atoms with E-state index in [1.807, 2.05) is 12.1 Å². The van der Waals surface area contributed by atoms with Gasteiger partial charge in [0.1, 0.15) is 17.2 Å². The molecule has 0 radical (unpaired) electrons. The minimum atomic E-state index is -0.0219. The van der Waals surface area contributed by atoms with Crippen LogP contribution in [-0.2, 0) is 6.42 Å².